The van der Waals surface area contributed by atoms with E-state index in [1.54, 1.807) is 24.6 Å². The lowest BCUT2D eigenvalue weighted by atomic mass is 10.4. The van der Waals surface area contributed by atoms with Gasteiger partial charge in [0.25, 0.3) is 0 Å². The Morgan fingerprint density at radius 1 is 1.64 bits per heavy atom. The fourth-order valence-electron chi connectivity index (χ4n) is 1.04. The van der Waals surface area contributed by atoms with E-state index in [1.807, 2.05) is 11.4 Å². The van der Waals surface area contributed by atoms with Gasteiger partial charge in [0, 0.05) is 11.4 Å². The molecular weight excluding hydrogens is 222 g/mol. The lowest BCUT2D eigenvalue weighted by molar-refractivity contribution is 0.416. The zero-order chi connectivity index (χ0) is 9.97. The molecule has 2 aromatic rings. The highest BCUT2D eigenvalue weighted by atomic mass is 35.5. The van der Waals surface area contributed by atoms with Crippen LogP contribution in [-0.2, 0) is 5.88 Å². The van der Waals surface area contributed by atoms with Crippen LogP contribution in [0.3, 0.4) is 0 Å². The predicted octanol–water partition coefficient (Wildman–Crippen LogP) is 3.15. The molecule has 2 aromatic heterocycles. The highest BCUT2D eigenvalue weighted by molar-refractivity contribution is 7.13. The molecule has 14 heavy (non-hydrogen) atoms. The highest BCUT2D eigenvalue weighted by Gasteiger charge is 2.08. The third-order valence-electron chi connectivity index (χ3n) is 1.72. The van der Waals surface area contributed by atoms with Gasteiger partial charge < -0.3 is 9.15 Å². The van der Waals surface area contributed by atoms with Crippen molar-refractivity contribution in [3.63, 3.8) is 0 Å². The van der Waals surface area contributed by atoms with Gasteiger partial charge in [0.15, 0.2) is 5.76 Å². The van der Waals surface area contributed by atoms with Crippen molar-refractivity contribution in [2.45, 2.75) is 5.88 Å². The summed E-state index contributed by atoms with van der Waals surface area (Å²) in [5.41, 5.74) is 0. The number of aromatic nitrogens is 1. The maximum Gasteiger partial charge on any atom is 0.209 e. The van der Waals surface area contributed by atoms with Gasteiger partial charge in [-0.15, -0.1) is 22.9 Å². The van der Waals surface area contributed by atoms with Crippen LogP contribution in [0, 0.1) is 0 Å². The van der Waals surface area contributed by atoms with Gasteiger partial charge in [-0.1, -0.05) is 0 Å². The molecule has 3 nitrogen and oxygen atoms in total. The van der Waals surface area contributed by atoms with E-state index in [4.69, 9.17) is 20.8 Å². The van der Waals surface area contributed by atoms with E-state index in [9.17, 15) is 0 Å². The Morgan fingerprint density at radius 3 is 3.07 bits per heavy atom. The Bertz CT molecular complexity index is 384. The largest absolute Gasteiger partial charge is 0.496 e. The first-order valence-electron chi connectivity index (χ1n) is 3.97. The minimum Gasteiger partial charge on any atom is -0.496 e. The summed E-state index contributed by atoms with van der Waals surface area (Å²) in [6.45, 7) is 0. The second kappa shape index (κ2) is 4.02. The van der Waals surface area contributed by atoms with E-state index >= 15 is 0 Å². The lowest BCUT2D eigenvalue weighted by Crippen LogP contribution is -1.75. The van der Waals surface area contributed by atoms with Gasteiger partial charge in [0.05, 0.1) is 24.1 Å². The molecule has 0 aliphatic carbocycles. The number of oxazole rings is 1. The molecule has 2 heterocycles. The minimum atomic E-state index is 0.294. The molecule has 0 N–H and O–H groups in total. The molecule has 0 radical (unpaired) electrons. The van der Waals surface area contributed by atoms with Crippen molar-refractivity contribution >= 4 is 22.9 Å². The van der Waals surface area contributed by atoms with Crippen LogP contribution in [0.25, 0.3) is 10.6 Å². The van der Waals surface area contributed by atoms with E-state index in [0.29, 0.717) is 11.8 Å². The van der Waals surface area contributed by atoms with Gasteiger partial charge in [0.1, 0.15) is 5.75 Å². The Kier molecular flexibility index (Phi) is 2.74. The number of alkyl halides is 1. The molecule has 0 aliphatic rings. The van der Waals surface area contributed by atoms with Crippen LogP contribution in [0.15, 0.2) is 22.1 Å². The van der Waals surface area contributed by atoms with E-state index in [0.717, 1.165) is 16.4 Å². The molecule has 0 saturated carbocycles. The number of halogens is 1. The van der Waals surface area contributed by atoms with Crippen LogP contribution in [0.2, 0.25) is 0 Å². The minimum absolute atomic E-state index is 0.294. The summed E-state index contributed by atoms with van der Waals surface area (Å²) in [5.74, 6) is 2.39. The molecule has 0 atom stereocenters. The molecule has 0 aromatic carbocycles. The first-order chi connectivity index (χ1) is 6.83. The Morgan fingerprint density at radius 2 is 2.50 bits per heavy atom. The molecular formula is C9H8ClNO2S. The fourth-order valence-corrected chi connectivity index (χ4v) is 1.97. The zero-order valence-corrected chi connectivity index (χ0v) is 9.06. The van der Waals surface area contributed by atoms with Gasteiger partial charge in [-0.05, 0) is 0 Å². The number of hydrogen-bond acceptors (Lipinski definition) is 4. The molecule has 0 saturated heterocycles. The van der Waals surface area contributed by atoms with E-state index < -0.39 is 0 Å². The van der Waals surface area contributed by atoms with Crippen LogP contribution in [0.5, 0.6) is 5.75 Å². The van der Waals surface area contributed by atoms with Gasteiger partial charge in [-0.25, -0.2) is 4.98 Å². The van der Waals surface area contributed by atoms with E-state index in [-0.39, 0.29) is 0 Å². The molecule has 74 valence electrons. The number of hydrogen-bond donors (Lipinski definition) is 0. The molecule has 2 rings (SSSR count). The molecule has 0 fully saturated rings. The topological polar surface area (TPSA) is 35.3 Å². The normalized spacial score (nSPS) is 10.4. The van der Waals surface area contributed by atoms with Crippen LogP contribution < -0.4 is 4.74 Å². The van der Waals surface area contributed by atoms with Crippen LogP contribution in [0.4, 0.5) is 0 Å². The summed E-state index contributed by atoms with van der Waals surface area (Å²) in [6, 6.07) is 1.91. The second-order valence-electron chi connectivity index (χ2n) is 2.60. The predicted molar refractivity (Wildman–Crippen MR) is 55.9 cm³/mol. The summed E-state index contributed by atoms with van der Waals surface area (Å²) in [7, 11) is 1.64. The van der Waals surface area contributed by atoms with Crippen molar-refractivity contribution in [2.75, 3.05) is 7.11 Å². The number of nitrogens with zero attached hydrogens (tertiary/aromatic N) is 1. The van der Waals surface area contributed by atoms with Gasteiger partial charge in [-0.2, -0.15) is 0 Å². The summed E-state index contributed by atoms with van der Waals surface area (Å²) in [4.78, 5) is 5.00. The van der Waals surface area contributed by atoms with Crippen molar-refractivity contribution in [3.05, 3.63) is 23.5 Å². The third-order valence-corrected chi connectivity index (χ3v) is 2.87. The second-order valence-corrected chi connectivity index (χ2v) is 3.78. The molecule has 0 spiro atoms. The molecule has 5 heteroatoms. The van der Waals surface area contributed by atoms with Crippen molar-refractivity contribution in [1.82, 2.24) is 4.98 Å². The smallest absolute Gasteiger partial charge is 0.209 e. The highest BCUT2D eigenvalue weighted by Crippen LogP contribution is 2.31. The van der Waals surface area contributed by atoms with Crippen molar-refractivity contribution in [3.8, 4) is 16.4 Å². The zero-order valence-electron chi connectivity index (χ0n) is 7.49. The number of rotatable bonds is 3. The number of thiophene rings is 1. The molecule has 0 unspecified atom stereocenters. The summed E-state index contributed by atoms with van der Waals surface area (Å²) in [6.07, 6.45) is 1.67. The quantitative estimate of drug-likeness (QED) is 0.759. The average Bonchev–Trinajstić information content (AvgIpc) is 2.86. The average molecular weight is 230 g/mol. The van der Waals surface area contributed by atoms with E-state index in [2.05, 4.69) is 4.98 Å². The van der Waals surface area contributed by atoms with Crippen molar-refractivity contribution in [2.24, 2.45) is 0 Å². The summed E-state index contributed by atoms with van der Waals surface area (Å²) in [5, 5.41) is 1.91. The first kappa shape index (κ1) is 9.55. The van der Waals surface area contributed by atoms with Gasteiger partial charge in [0.2, 0.25) is 5.89 Å². The monoisotopic (exact) mass is 229 g/mol. The third kappa shape index (κ3) is 1.76. The first-order valence-corrected chi connectivity index (χ1v) is 5.38. The Balaban J connectivity index is 2.29. The molecule has 0 amide bonds. The van der Waals surface area contributed by atoms with Crippen molar-refractivity contribution in [1.29, 1.82) is 0 Å². The summed E-state index contributed by atoms with van der Waals surface area (Å²) < 4.78 is 10.5. The van der Waals surface area contributed by atoms with Gasteiger partial charge in [-0.3, -0.25) is 0 Å². The molecule has 0 aliphatic heterocycles. The van der Waals surface area contributed by atoms with Crippen molar-refractivity contribution < 1.29 is 9.15 Å². The number of ether oxygens (including phenoxy) is 1. The van der Waals surface area contributed by atoms with E-state index in [1.165, 1.54) is 0 Å². The SMILES string of the molecule is COc1csc(-c2cnc(CCl)o2)c1. The Hall–Kier alpha value is -1.00. The van der Waals surface area contributed by atoms with Crippen LogP contribution >= 0.6 is 22.9 Å². The lowest BCUT2D eigenvalue weighted by Gasteiger charge is -1.89. The standard InChI is InChI=1S/C9H8ClNO2S/c1-12-6-2-8(14-5-6)7-4-11-9(3-10)13-7/h2,4-5H,3H2,1H3. The molecule has 0 bridgehead atoms. The Labute approximate surface area is 90.3 Å². The fraction of sp³-hybridized carbons (Fsp3) is 0.222. The van der Waals surface area contributed by atoms with Crippen LogP contribution in [-0.4, -0.2) is 12.1 Å². The van der Waals surface area contributed by atoms with Gasteiger partial charge >= 0.3 is 0 Å². The maximum absolute atomic E-state index is 5.58. The summed E-state index contributed by atoms with van der Waals surface area (Å²) >= 11 is 7.13. The van der Waals surface area contributed by atoms with Crippen LogP contribution in [0.1, 0.15) is 5.89 Å². The number of methoxy groups -OCH3 is 1. The maximum atomic E-state index is 5.58.